The molecule has 0 bridgehead atoms. The number of benzene rings is 2. The smallest absolute Gasteiger partial charge is 0.410 e. The van der Waals surface area contributed by atoms with E-state index in [9.17, 15) is 14.4 Å². The van der Waals surface area contributed by atoms with Crippen molar-refractivity contribution >= 4 is 41.0 Å². The number of nitrogen functional groups attached to an aromatic ring is 1. The molecule has 3 saturated heterocycles. The van der Waals surface area contributed by atoms with E-state index in [1.54, 1.807) is 17.0 Å². The van der Waals surface area contributed by atoms with Gasteiger partial charge in [-0.2, -0.15) is 0 Å². The summed E-state index contributed by atoms with van der Waals surface area (Å²) in [6.45, 7) is 4.88. The summed E-state index contributed by atoms with van der Waals surface area (Å²) in [7, 11) is 0. The van der Waals surface area contributed by atoms with E-state index < -0.39 is 12.2 Å². The van der Waals surface area contributed by atoms with Crippen molar-refractivity contribution in [2.45, 2.75) is 69.7 Å². The number of hydrogen-bond acceptors (Lipinski definition) is 6. The number of anilines is 2. The van der Waals surface area contributed by atoms with Crippen molar-refractivity contribution in [1.82, 2.24) is 19.6 Å². The second-order valence-electron chi connectivity index (χ2n) is 12.5. The second-order valence-corrected chi connectivity index (χ2v) is 12.9. The lowest BCUT2D eigenvalue weighted by molar-refractivity contribution is -0.142. The maximum Gasteiger partial charge on any atom is 0.410 e. The molecule has 4 amide bonds. The van der Waals surface area contributed by atoms with Crippen molar-refractivity contribution in [2.24, 2.45) is 0 Å². The quantitative estimate of drug-likeness (QED) is 0.357. The molecule has 4 heterocycles. The van der Waals surface area contributed by atoms with E-state index in [1.807, 2.05) is 34.1 Å². The number of para-hydroxylation sites is 1. The van der Waals surface area contributed by atoms with Crippen LogP contribution >= 0.6 is 11.6 Å². The summed E-state index contributed by atoms with van der Waals surface area (Å²) in [5.41, 5.74) is 9.37. The number of nitrogens with one attached hydrogen (secondary N) is 1. The molecule has 4 aliphatic rings. The maximum atomic E-state index is 13.9. The van der Waals surface area contributed by atoms with Gasteiger partial charge in [-0.25, -0.2) is 9.59 Å². The van der Waals surface area contributed by atoms with Gasteiger partial charge in [-0.15, -0.1) is 6.42 Å². The first kappa shape index (κ1) is 31.1. The van der Waals surface area contributed by atoms with Crippen LogP contribution in [0.25, 0.3) is 0 Å². The fourth-order valence-electron chi connectivity index (χ4n) is 7.14. The van der Waals surface area contributed by atoms with Gasteiger partial charge in [0, 0.05) is 62.5 Å². The van der Waals surface area contributed by atoms with Gasteiger partial charge in [0.05, 0.1) is 10.7 Å². The molecule has 45 heavy (non-hydrogen) atoms. The van der Waals surface area contributed by atoms with Crippen LogP contribution in [0.2, 0.25) is 5.02 Å². The molecule has 10 nitrogen and oxygen atoms in total. The summed E-state index contributed by atoms with van der Waals surface area (Å²) < 4.78 is 5.99. The number of terminal acetylenes is 1. The lowest BCUT2D eigenvalue weighted by Crippen LogP contribution is -2.53. The van der Waals surface area contributed by atoms with Gasteiger partial charge < -0.3 is 35.4 Å². The number of hydrogen-bond donors (Lipinski definition) is 2. The van der Waals surface area contributed by atoms with Crippen LogP contribution in [-0.2, 0) is 22.5 Å². The Morgan fingerprint density at radius 1 is 1.00 bits per heavy atom. The van der Waals surface area contributed by atoms with Crippen LogP contribution in [0.1, 0.15) is 55.2 Å². The monoisotopic (exact) mass is 632 g/mol. The van der Waals surface area contributed by atoms with E-state index in [4.69, 9.17) is 28.5 Å². The zero-order valence-electron chi connectivity index (χ0n) is 25.6. The minimum Gasteiger partial charge on any atom is -0.436 e. The molecule has 238 valence electrons. The molecule has 0 unspecified atom stereocenters. The zero-order valence-corrected chi connectivity index (χ0v) is 26.3. The molecule has 3 N–H and O–H groups in total. The predicted molar refractivity (Wildman–Crippen MR) is 174 cm³/mol. The molecular formula is C34H41ClN6O4. The summed E-state index contributed by atoms with van der Waals surface area (Å²) in [6.07, 6.45) is 9.73. The minimum absolute atomic E-state index is 0.00385. The summed E-state index contributed by atoms with van der Waals surface area (Å²) >= 11 is 6.36. The summed E-state index contributed by atoms with van der Waals surface area (Å²) in [4.78, 5) is 48.1. The molecule has 0 aliphatic carbocycles. The first-order chi connectivity index (χ1) is 21.8. The number of ether oxygens (including phenoxy) is 1. The number of rotatable bonds is 6. The van der Waals surface area contributed by atoms with E-state index >= 15 is 0 Å². The van der Waals surface area contributed by atoms with E-state index in [1.165, 1.54) is 12.8 Å². The minimum atomic E-state index is -1.03. The third-order valence-corrected chi connectivity index (χ3v) is 10.1. The Morgan fingerprint density at radius 2 is 1.67 bits per heavy atom. The Hall–Kier alpha value is -3.94. The Balaban J connectivity index is 1.11. The molecule has 2 aromatic carbocycles. The fraction of sp³-hybridized carbons (Fsp3) is 0.500. The lowest BCUT2D eigenvalue weighted by atomic mass is 10.00. The number of fused-ring (bicyclic) bond motifs is 1. The van der Waals surface area contributed by atoms with E-state index in [2.05, 4.69) is 16.1 Å². The van der Waals surface area contributed by atoms with Crippen LogP contribution in [0.15, 0.2) is 36.4 Å². The lowest BCUT2D eigenvalue weighted by Gasteiger charge is -2.40. The first-order valence-electron chi connectivity index (χ1n) is 16.0. The van der Waals surface area contributed by atoms with Gasteiger partial charge in [0.1, 0.15) is 0 Å². The number of carbonyl (C=O) groups excluding carboxylic acids is 3. The molecule has 6 rings (SSSR count). The molecule has 0 radical (unpaired) electrons. The molecular weight excluding hydrogens is 592 g/mol. The average molecular weight is 633 g/mol. The Kier molecular flexibility index (Phi) is 9.38. The number of nitrogens with zero attached hydrogens (tertiary/aromatic N) is 4. The van der Waals surface area contributed by atoms with Crippen LogP contribution in [0.3, 0.4) is 0 Å². The molecule has 2 aromatic rings. The number of halogens is 1. The Morgan fingerprint density at radius 3 is 2.38 bits per heavy atom. The predicted octanol–water partition coefficient (Wildman–Crippen LogP) is 4.55. The first-order valence-corrected chi connectivity index (χ1v) is 16.4. The molecule has 1 atom stereocenters. The third kappa shape index (κ3) is 6.85. The van der Waals surface area contributed by atoms with Crippen molar-refractivity contribution in [3.63, 3.8) is 0 Å². The normalized spacial score (nSPS) is 20.4. The zero-order chi connectivity index (χ0) is 31.5. The van der Waals surface area contributed by atoms with Gasteiger partial charge in [0.2, 0.25) is 0 Å². The molecule has 0 saturated carbocycles. The topological polar surface area (TPSA) is 111 Å². The highest BCUT2D eigenvalue weighted by atomic mass is 35.5. The van der Waals surface area contributed by atoms with Gasteiger partial charge in [-0.1, -0.05) is 35.7 Å². The standard InChI is InChI=1S/C34H41ClN6O4/c1-2-24-19-23(20-28(35)31(24)36)21-30(32(42)39-15-9-26(10-16-39)38-13-5-6-14-38)45-34(44)40-17-11-27(12-18-40)41-22-25-7-3-4-8-29(25)37-33(41)43/h1,3-4,7-8,19-20,26-27,30H,5-6,9-18,21-22,36H2,(H,37,43)/t30-/m1/s1. The van der Waals surface area contributed by atoms with Gasteiger partial charge in [0.15, 0.2) is 6.10 Å². The molecule has 0 aromatic heterocycles. The average Bonchev–Trinajstić information content (AvgIpc) is 3.61. The summed E-state index contributed by atoms with van der Waals surface area (Å²) in [6, 6.07) is 11.6. The Labute approximate surface area is 269 Å². The number of carbonyl (C=O) groups is 3. The molecule has 4 aliphatic heterocycles. The summed E-state index contributed by atoms with van der Waals surface area (Å²) in [5, 5.41) is 3.28. The molecule has 3 fully saturated rings. The van der Waals surface area contributed by atoms with Crippen LogP contribution in [0.4, 0.5) is 21.0 Å². The van der Waals surface area contributed by atoms with Crippen molar-refractivity contribution in [1.29, 1.82) is 0 Å². The fourth-order valence-corrected chi connectivity index (χ4v) is 7.38. The highest BCUT2D eigenvalue weighted by molar-refractivity contribution is 6.33. The number of nitrogens with two attached hydrogens (primary N) is 1. The van der Waals surface area contributed by atoms with E-state index in [0.717, 1.165) is 37.2 Å². The van der Waals surface area contributed by atoms with E-state index in [-0.39, 0.29) is 24.4 Å². The highest BCUT2D eigenvalue weighted by Crippen LogP contribution is 2.29. The summed E-state index contributed by atoms with van der Waals surface area (Å²) in [5.74, 6) is 2.34. The van der Waals surface area contributed by atoms with Crippen LogP contribution in [0, 0.1) is 12.3 Å². The second kappa shape index (κ2) is 13.6. The van der Waals surface area contributed by atoms with Crippen molar-refractivity contribution in [2.75, 3.05) is 50.3 Å². The van der Waals surface area contributed by atoms with Gasteiger partial charge >= 0.3 is 12.1 Å². The van der Waals surface area contributed by atoms with Gasteiger partial charge in [0.25, 0.3) is 5.91 Å². The number of piperidine rings is 2. The van der Waals surface area contributed by atoms with Crippen molar-refractivity contribution < 1.29 is 19.1 Å². The van der Waals surface area contributed by atoms with E-state index in [0.29, 0.717) is 73.4 Å². The third-order valence-electron chi connectivity index (χ3n) is 9.74. The Bertz CT molecular complexity index is 1470. The molecule has 11 heteroatoms. The van der Waals surface area contributed by atoms with Crippen molar-refractivity contribution in [3.8, 4) is 12.3 Å². The van der Waals surface area contributed by atoms with Crippen LogP contribution in [-0.4, -0.2) is 95.1 Å². The maximum absolute atomic E-state index is 13.9. The highest BCUT2D eigenvalue weighted by Gasteiger charge is 2.37. The van der Waals surface area contributed by atoms with Gasteiger partial charge in [-0.3, -0.25) is 4.79 Å². The van der Waals surface area contributed by atoms with Gasteiger partial charge in [-0.05, 0) is 80.9 Å². The SMILES string of the molecule is C#Cc1cc(C[C@@H](OC(=O)N2CCC(N3Cc4ccccc4NC3=O)CC2)C(=O)N2CCC(N3CCCC3)CC2)cc(Cl)c1N. The number of urea groups is 1. The number of likely N-dealkylation sites (tertiary alicyclic amines) is 3. The molecule has 0 spiro atoms. The largest absolute Gasteiger partial charge is 0.436 e. The number of amides is 4. The van der Waals surface area contributed by atoms with Crippen LogP contribution < -0.4 is 11.1 Å². The van der Waals surface area contributed by atoms with Crippen LogP contribution in [0.5, 0.6) is 0 Å². The van der Waals surface area contributed by atoms with Crippen molar-refractivity contribution in [3.05, 3.63) is 58.1 Å².